The minimum atomic E-state index is -0.342. The zero-order chi connectivity index (χ0) is 8.27. The minimum absolute atomic E-state index is 0.342. The first-order valence-corrected chi connectivity index (χ1v) is 3.76. The lowest BCUT2D eigenvalue weighted by Gasteiger charge is -2.37. The Morgan fingerprint density at radius 3 is 2.91 bits per heavy atom. The summed E-state index contributed by atoms with van der Waals surface area (Å²) >= 11 is 0. The average Bonchev–Trinajstić information content (AvgIpc) is 2.01. The highest BCUT2D eigenvalue weighted by atomic mass is 16.5. The molecule has 1 rings (SSSR count). The Labute approximate surface area is 66.5 Å². The van der Waals surface area contributed by atoms with Crippen molar-refractivity contribution < 1.29 is 9.53 Å². The fraction of sp³-hybridized carbons (Fsp3) is 0.857. The van der Waals surface area contributed by atoms with Crippen LogP contribution in [0.5, 0.6) is 0 Å². The normalized spacial score (nSPS) is 24.0. The number of carbonyl (C=O) groups is 1. The number of likely N-dealkylation sites (N-methyl/N-ethyl adjacent to an activating group) is 1. The Morgan fingerprint density at radius 2 is 2.55 bits per heavy atom. The Hall–Kier alpha value is -0.770. The lowest BCUT2D eigenvalue weighted by molar-refractivity contribution is 0.118. The topological polar surface area (TPSA) is 41.6 Å². The second-order valence-corrected chi connectivity index (χ2v) is 2.80. The maximum atomic E-state index is 10.6. The molecule has 4 heteroatoms. The number of hydrogen-bond donors (Lipinski definition) is 1. The van der Waals surface area contributed by atoms with Crippen LogP contribution in [0.4, 0.5) is 4.79 Å². The molecule has 4 nitrogen and oxygen atoms in total. The Kier molecular flexibility index (Phi) is 2.70. The van der Waals surface area contributed by atoms with Gasteiger partial charge < -0.3 is 15.0 Å². The molecule has 1 fully saturated rings. The van der Waals surface area contributed by atoms with Gasteiger partial charge in [0.05, 0.1) is 7.11 Å². The quantitative estimate of drug-likeness (QED) is 0.617. The van der Waals surface area contributed by atoms with Gasteiger partial charge in [-0.05, 0) is 20.0 Å². The van der Waals surface area contributed by atoms with Gasteiger partial charge in [0.1, 0.15) is 0 Å². The third kappa shape index (κ3) is 2.08. The van der Waals surface area contributed by atoms with Crippen molar-refractivity contribution >= 4 is 6.09 Å². The van der Waals surface area contributed by atoms with Crippen LogP contribution in [0.3, 0.4) is 0 Å². The number of hydrogen-bond acceptors (Lipinski definition) is 3. The molecule has 1 amide bonds. The predicted molar refractivity (Wildman–Crippen MR) is 41.4 cm³/mol. The van der Waals surface area contributed by atoms with E-state index in [1.54, 1.807) is 0 Å². The van der Waals surface area contributed by atoms with E-state index in [1.165, 1.54) is 13.5 Å². The molecule has 0 radical (unpaired) electrons. The molecule has 0 aliphatic carbocycles. The third-order valence-electron chi connectivity index (χ3n) is 2.11. The predicted octanol–water partition coefficient (Wildman–Crippen LogP) is 0.0465. The molecule has 64 valence electrons. The first-order valence-electron chi connectivity index (χ1n) is 3.76. The average molecular weight is 158 g/mol. The number of amides is 1. The number of nitrogens with one attached hydrogen (secondary N) is 1. The van der Waals surface area contributed by atoms with Crippen LogP contribution in [0.1, 0.15) is 6.42 Å². The third-order valence-corrected chi connectivity index (χ3v) is 2.11. The summed E-state index contributed by atoms with van der Waals surface area (Å²) in [6.07, 6.45) is 0.825. The minimum Gasteiger partial charge on any atom is -0.453 e. The molecule has 0 aromatic rings. The van der Waals surface area contributed by atoms with Crippen molar-refractivity contribution in [2.75, 3.05) is 27.2 Å². The van der Waals surface area contributed by atoms with Crippen molar-refractivity contribution in [1.82, 2.24) is 10.2 Å². The van der Waals surface area contributed by atoms with E-state index in [-0.39, 0.29) is 6.09 Å². The largest absolute Gasteiger partial charge is 0.453 e. The first kappa shape index (κ1) is 8.33. The molecule has 0 spiro atoms. The van der Waals surface area contributed by atoms with Crippen LogP contribution in [0.25, 0.3) is 0 Å². The number of ether oxygens (including phenoxy) is 1. The SMILES string of the molecule is COC(=O)NCC1CCN1C. The van der Waals surface area contributed by atoms with Crippen LogP contribution in [-0.4, -0.2) is 44.3 Å². The van der Waals surface area contributed by atoms with E-state index in [9.17, 15) is 4.79 Å². The molecule has 0 aromatic carbocycles. The maximum Gasteiger partial charge on any atom is 0.406 e. The lowest BCUT2D eigenvalue weighted by atomic mass is 10.1. The number of likely N-dealkylation sites (tertiary alicyclic amines) is 1. The molecule has 0 bridgehead atoms. The van der Waals surface area contributed by atoms with E-state index in [4.69, 9.17) is 0 Å². The van der Waals surface area contributed by atoms with Crippen LogP contribution in [0, 0.1) is 0 Å². The second-order valence-electron chi connectivity index (χ2n) is 2.80. The molecular formula is C7H14N2O2. The summed E-state index contributed by atoms with van der Waals surface area (Å²) in [6.45, 7) is 1.83. The highest BCUT2D eigenvalue weighted by Crippen LogP contribution is 2.12. The van der Waals surface area contributed by atoms with Crippen molar-refractivity contribution in [2.45, 2.75) is 12.5 Å². The Bertz CT molecular complexity index is 149. The standard InChI is InChI=1S/C7H14N2O2/c1-9-4-3-6(9)5-8-7(10)11-2/h6H,3-5H2,1-2H3,(H,8,10). The summed E-state index contributed by atoms with van der Waals surface area (Å²) < 4.78 is 4.44. The molecule has 1 saturated heterocycles. The first-order chi connectivity index (χ1) is 5.24. The van der Waals surface area contributed by atoms with Crippen molar-refractivity contribution in [3.8, 4) is 0 Å². The smallest absolute Gasteiger partial charge is 0.406 e. The second kappa shape index (κ2) is 3.57. The van der Waals surface area contributed by atoms with E-state index in [0.717, 1.165) is 6.54 Å². The number of methoxy groups -OCH3 is 1. The van der Waals surface area contributed by atoms with Crippen LogP contribution in [0.15, 0.2) is 0 Å². The van der Waals surface area contributed by atoms with Crippen molar-refractivity contribution in [1.29, 1.82) is 0 Å². The van der Waals surface area contributed by atoms with Gasteiger partial charge in [-0.1, -0.05) is 0 Å². The van der Waals surface area contributed by atoms with Gasteiger partial charge in [-0.2, -0.15) is 0 Å². The van der Waals surface area contributed by atoms with Gasteiger partial charge in [0.25, 0.3) is 0 Å². The summed E-state index contributed by atoms with van der Waals surface area (Å²) in [5.74, 6) is 0. The summed E-state index contributed by atoms with van der Waals surface area (Å²) in [4.78, 5) is 12.8. The number of carbonyl (C=O) groups excluding carboxylic acids is 1. The van der Waals surface area contributed by atoms with Crippen LogP contribution < -0.4 is 5.32 Å². The molecule has 0 saturated carbocycles. The van der Waals surface area contributed by atoms with Crippen LogP contribution >= 0.6 is 0 Å². The van der Waals surface area contributed by atoms with Gasteiger partial charge in [-0.25, -0.2) is 4.79 Å². The molecule has 0 aromatic heterocycles. The molecular weight excluding hydrogens is 144 g/mol. The molecule has 1 atom stereocenters. The van der Waals surface area contributed by atoms with E-state index in [2.05, 4.69) is 15.0 Å². The van der Waals surface area contributed by atoms with E-state index >= 15 is 0 Å². The summed E-state index contributed by atoms with van der Waals surface area (Å²) in [6, 6.07) is 0.508. The Balaban J connectivity index is 2.07. The van der Waals surface area contributed by atoms with Crippen molar-refractivity contribution in [2.24, 2.45) is 0 Å². The number of rotatable bonds is 2. The summed E-state index contributed by atoms with van der Waals surface area (Å²) in [7, 11) is 3.42. The molecule has 1 unspecified atom stereocenters. The van der Waals surface area contributed by atoms with E-state index in [1.807, 2.05) is 7.05 Å². The van der Waals surface area contributed by atoms with Gasteiger partial charge >= 0.3 is 6.09 Å². The monoisotopic (exact) mass is 158 g/mol. The van der Waals surface area contributed by atoms with Gasteiger partial charge in [0, 0.05) is 12.6 Å². The number of alkyl carbamates (subject to hydrolysis) is 1. The van der Waals surface area contributed by atoms with Gasteiger partial charge in [0.2, 0.25) is 0 Å². The van der Waals surface area contributed by atoms with Gasteiger partial charge in [-0.3, -0.25) is 0 Å². The van der Waals surface area contributed by atoms with Crippen LogP contribution in [0.2, 0.25) is 0 Å². The lowest BCUT2D eigenvalue weighted by Crippen LogP contribution is -2.51. The molecule has 1 aliphatic rings. The highest BCUT2D eigenvalue weighted by Gasteiger charge is 2.23. The van der Waals surface area contributed by atoms with Crippen molar-refractivity contribution in [3.63, 3.8) is 0 Å². The Morgan fingerprint density at radius 1 is 1.82 bits per heavy atom. The maximum absolute atomic E-state index is 10.6. The fourth-order valence-corrected chi connectivity index (χ4v) is 1.10. The molecule has 1 N–H and O–H groups in total. The van der Waals surface area contributed by atoms with Crippen molar-refractivity contribution in [3.05, 3.63) is 0 Å². The molecule has 1 heterocycles. The van der Waals surface area contributed by atoms with Crippen LogP contribution in [-0.2, 0) is 4.74 Å². The van der Waals surface area contributed by atoms with Gasteiger partial charge in [0.15, 0.2) is 0 Å². The molecule has 11 heavy (non-hydrogen) atoms. The van der Waals surface area contributed by atoms with E-state index in [0.29, 0.717) is 12.6 Å². The fourth-order valence-electron chi connectivity index (χ4n) is 1.10. The zero-order valence-corrected chi connectivity index (χ0v) is 6.96. The highest BCUT2D eigenvalue weighted by molar-refractivity contribution is 5.66. The van der Waals surface area contributed by atoms with E-state index < -0.39 is 0 Å². The molecule has 1 aliphatic heterocycles. The zero-order valence-electron chi connectivity index (χ0n) is 6.96. The summed E-state index contributed by atoms with van der Waals surface area (Å²) in [5, 5.41) is 2.66. The summed E-state index contributed by atoms with van der Waals surface area (Å²) in [5.41, 5.74) is 0. The number of nitrogens with zero attached hydrogens (tertiary/aromatic N) is 1. The van der Waals surface area contributed by atoms with Gasteiger partial charge in [-0.15, -0.1) is 0 Å².